The van der Waals surface area contributed by atoms with E-state index in [1.165, 1.54) is 27.4 Å². The first kappa shape index (κ1) is 24.7. The maximum atomic E-state index is 12.0. The molecule has 0 spiro atoms. The minimum Gasteiger partial charge on any atom is -0.493 e. The number of carbonyl (C=O) groups excluding carboxylic acids is 2. The Kier molecular flexibility index (Phi) is 10.1. The molecule has 0 saturated carbocycles. The summed E-state index contributed by atoms with van der Waals surface area (Å²) in [5.41, 5.74) is 1.22. The molecule has 8 heteroatoms. The van der Waals surface area contributed by atoms with Crippen LogP contribution in [-0.4, -0.2) is 71.5 Å². The molecule has 0 aromatic heterocycles. The molecule has 172 valence electrons. The summed E-state index contributed by atoms with van der Waals surface area (Å²) in [7, 11) is 6.43. The number of carbonyl (C=O) groups is 2. The zero-order valence-corrected chi connectivity index (χ0v) is 18.8. The van der Waals surface area contributed by atoms with Gasteiger partial charge in [-0.2, -0.15) is 0 Å². The van der Waals surface area contributed by atoms with E-state index in [1.54, 1.807) is 42.5 Å². The fourth-order valence-corrected chi connectivity index (χ4v) is 2.78. The van der Waals surface area contributed by atoms with Crippen molar-refractivity contribution in [3.63, 3.8) is 0 Å². The molecule has 32 heavy (non-hydrogen) atoms. The van der Waals surface area contributed by atoms with Crippen molar-refractivity contribution in [1.82, 2.24) is 4.90 Å². The number of hydrogen-bond acceptors (Lipinski definition) is 8. The second-order valence-electron chi connectivity index (χ2n) is 6.76. The second kappa shape index (κ2) is 13.0. The SMILES string of the molecule is COc1cc(/C=C/C(=O)OCCN(C)CCOC(=O)c2ccccc2)cc(OC)c1OC. The molecule has 0 heterocycles. The smallest absolute Gasteiger partial charge is 0.338 e. The lowest BCUT2D eigenvalue weighted by atomic mass is 10.1. The van der Waals surface area contributed by atoms with Crippen LogP contribution in [0.3, 0.4) is 0 Å². The van der Waals surface area contributed by atoms with Gasteiger partial charge in [0.05, 0.1) is 26.9 Å². The van der Waals surface area contributed by atoms with Crippen molar-refractivity contribution in [3.8, 4) is 17.2 Å². The van der Waals surface area contributed by atoms with E-state index in [4.69, 9.17) is 23.7 Å². The number of ether oxygens (including phenoxy) is 5. The highest BCUT2D eigenvalue weighted by molar-refractivity contribution is 5.89. The van der Waals surface area contributed by atoms with Crippen molar-refractivity contribution >= 4 is 18.0 Å². The van der Waals surface area contributed by atoms with Crippen LogP contribution < -0.4 is 14.2 Å². The fourth-order valence-electron chi connectivity index (χ4n) is 2.78. The van der Waals surface area contributed by atoms with E-state index in [-0.39, 0.29) is 19.2 Å². The molecule has 0 amide bonds. The van der Waals surface area contributed by atoms with Gasteiger partial charge in [-0.05, 0) is 43.0 Å². The quantitative estimate of drug-likeness (QED) is 0.366. The Morgan fingerprint density at radius 3 is 2.03 bits per heavy atom. The van der Waals surface area contributed by atoms with Crippen molar-refractivity contribution in [3.05, 3.63) is 59.7 Å². The van der Waals surface area contributed by atoms with Crippen LogP contribution in [0.25, 0.3) is 6.08 Å². The van der Waals surface area contributed by atoms with Crippen LogP contribution in [0.15, 0.2) is 48.5 Å². The van der Waals surface area contributed by atoms with Gasteiger partial charge in [-0.15, -0.1) is 0 Å². The van der Waals surface area contributed by atoms with Gasteiger partial charge >= 0.3 is 11.9 Å². The molecule has 0 unspecified atom stereocenters. The third kappa shape index (κ3) is 7.63. The van der Waals surface area contributed by atoms with Gasteiger partial charge in [0.2, 0.25) is 5.75 Å². The summed E-state index contributed by atoms with van der Waals surface area (Å²) in [5.74, 6) is 0.640. The molecule has 0 saturated heterocycles. The Balaban J connectivity index is 1.73. The predicted octanol–water partition coefficient (Wildman–Crippen LogP) is 3.06. The van der Waals surface area contributed by atoms with Crippen molar-refractivity contribution < 1.29 is 33.3 Å². The molecule has 0 aliphatic rings. The zero-order valence-electron chi connectivity index (χ0n) is 18.8. The van der Waals surface area contributed by atoms with Gasteiger partial charge in [0, 0.05) is 19.2 Å². The number of esters is 2. The van der Waals surface area contributed by atoms with Crippen molar-refractivity contribution in [2.45, 2.75) is 0 Å². The maximum absolute atomic E-state index is 12.0. The van der Waals surface area contributed by atoms with Gasteiger partial charge in [-0.25, -0.2) is 9.59 Å². The van der Waals surface area contributed by atoms with Crippen LogP contribution in [0.1, 0.15) is 15.9 Å². The number of likely N-dealkylation sites (N-methyl/N-ethyl adjacent to an activating group) is 1. The highest BCUT2D eigenvalue weighted by atomic mass is 16.5. The highest BCUT2D eigenvalue weighted by Crippen LogP contribution is 2.38. The van der Waals surface area contributed by atoms with E-state index in [2.05, 4.69) is 0 Å². The van der Waals surface area contributed by atoms with E-state index in [1.807, 2.05) is 18.0 Å². The van der Waals surface area contributed by atoms with Crippen molar-refractivity contribution in [2.24, 2.45) is 0 Å². The average Bonchev–Trinajstić information content (AvgIpc) is 2.82. The molecule has 8 nitrogen and oxygen atoms in total. The second-order valence-corrected chi connectivity index (χ2v) is 6.76. The largest absolute Gasteiger partial charge is 0.493 e. The number of methoxy groups -OCH3 is 3. The van der Waals surface area contributed by atoms with Crippen LogP contribution in [0.5, 0.6) is 17.2 Å². The van der Waals surface area contributed by atoms with E-state index in [0.29, 0.717) is 41.5 Å². The molecular weight excluding hydrogens is 414 g/mol. The topological polar surface area (TPSA) is 83.5 Å². The molecular formula is C24H29NO7. The normalized spacial score (nSPS) is 10.8. The Morgan fingerprint density at radius 2 is 1.47 bits per heavy atom. The summed E-state index contributed by atoms with van der Waals surface area (Å²) in [5, 5.41) is 0. The lowest BCUT2D eigenvalue weighted by Gasteiger charge is -2.16. The maximum Gasteiger partial charge on any atom is 0.338 e. The molecule has 2 aromatic carbocycles. The molecule has 0 bridgehead atoms. The Labute approximate surface area is 188 Å². The minimum atomic E-state index is -0.470. The Hall–Kier alpha value is -3.52. The van der Waals surface area contributed by atoms with Crippen molar-refractivity contribution in [2.75, 3.05) is 54.7 Å². The average molecular weight is 443 g/mol. The summed E-state index contributed by atoms with van der Waals surface area (Å²) in [4.78, 5) is 25.8. The standard InChI is InChI=1S/C24H29NO7/c1-25(13-15-32-24(27)19-8-6-5-7-9-19)12-14-31-22(26)11-10-18-16-20(28-2)23(30-4)21(17-18)29-3/h5-11,16-17H,12-15H2,1-4H3/b11-10+. The molecule has 0 N–H and O–H groups in total. The first-order valence-corrected chi connectivity index (χ1v) is 10.0. The molecule has 0 atom stereocenters. The monoisotopic (exact) mass is 443 g/mol. The molecule has 0 fully saturated rings. The van der Waals surface area contributed by atoms with Crippen LogP contribution >= 0.6 is 0 Å². The van der Waals surface area contributed by atoms with E-state index < -0.39 is 5.97 Å². The van der Waals surface area contributed by atoms with Crippen LogP contribution in [0.4, 0.5) is 0 Å². The molecule has 2 aromatic rings. The van der Waals surface area contributed by atoms with Crippen LogP contribution in [0, 0.1) is 0 Å². The Bertz CT molecular complexity index is 887. The summed E-state index contributed by atoms with van der Waals surface area (Å²) in [6.45, 7) is 1.49. The third-order valence-electron chi connectivity index (χ3n) is 4.53. The van der Waals surface area contributed by atoms with Gasteiger partial charge in [-0.3, -0.25) is 4.90 Å². The highest BCUT2D eigenvalue weighted by Gasteiger charge is 2.12. The summed E-state index contributed by atoms with van der Waals surface area (Å²) >= 11 is 0. The third-order valence-corrected chi connectivity index (χ3v) is 4.53. The summed E-state index contributed by atoms with van der Waals surface area (Å²) in [6, 6.07) is 12.3. The van der Waals surface area contributed by atoms with E-state index in [0.717, 1.165) is 0 Å². The molecule has 0 aliphatic heterocycles. The number of benzene rings is 2. The minimum absolute atomic E-state index is 0.210. The molecule has 0 radical (unpaired) electrons. The molecule has 2 rings (SSSR count). The van der Waals surface area contributed by atoms with Gasteiger partial charge < -0.3 is 23.7 Å². The summed E-state index contributed by atoms with van der Waals surface area (Å²) < 4.78 is 26.3. The number of rotatable bonds is 12. The van der Waals surface area contributed by atoms with Gasteiger partial charge in [0.15, 0.2) is 11.5 Å². The summed E-state index contributed by atoms with van der Waals surface area (Å²) in [6.07, 6.45) is 2.95. The van der Waals surface area contributed by atoms with Gasteiger partial charge in [0.25, 0.3) is 0 Å². The lowest BCUT2D eigenvalue weighted by molar-refractivity contribution is -0.138. The lowest BCUT2D eigenvalue weighted by Crippen LogP contribution is -2.28. The first-order valence-electron chi connectivity index (χ1n) is 10.0. The van der Waals surface area contributed by atoms with E-state index >= 15 is 0 Å². The van der Waals surface area contributed by atoms with Gasteiger partial charge in [0.1, 0.15) is 13.2 Å². The first-order chi connectivity index (χ1) is 15.5. The number of hydrogen-bond donors (Lipinski definition) is 0. The fraction of sp³-hybridized carbons (Fsp3) is 0.333. The van der Waals surface area contributed by atoms with Gasteiger partial charge in [-0.1, -0.05) is 18.2 Å². The van der Waals surface area contributed by atoms with E-state index in [9.17, 15) is 9.59 Å². The van der Waals surface area contributed by atoms with Crippen LogP contribution in [0.2, 0.25) is 0 Å². The van der Waals surface area contributed by atoms with Crippen molar-refractivity contribution in [1.29, 1.82) is 0 Å². The molecule has 0 aliphatic carbocycles. The Morgan fingerprint density at radius 1 is 0.875 bits per heavy atom. The zero-order chi connectivity index (χ0) is 23.3. The van der Waals surface area contributed by atoms with Crippen LogP contribution in [-0.2, 0) is 14.3 Å². The predicted molar refractivity (Wildman–Crippen MR) is 120 cm³/mol. The number of nitrogens with zero attached hydrogens (tertiary/aromatic N) is 1.